The molecule has 0 spiro atoms. The van der Waals surface area contributed by atoms with Gasteiger partial charge in [-0.25, -0.2) is 4.98 Å². The van der Waals surface area contributed by atoms with Crippen LogP contribution in [0.2, 0.25) is 0 Å². The zero-order valence-electron chi connectivity index (χ0n) is 12.7. The van der Waals surface area contributed by atoms with Gasteiger partial charge in [0.05, 0.1) is 11.6 Å². The van der Waals surface area contributed by atoms with Crippen molar-refractivity contribution < 1.29 is 9.53 Å². The van der Waals surface area contributed by atoms with E-state index in [0.717, 1.165) is 11.3 Å². The van der Waals surface area contributed by atoms with Crippen LogP contribution in [0.4, 0.5) is 5.69 Å². The number of rotatable bonds is 2. The molecule has 1 unspecified atom stereocenters. The first-order chi connectivity index (χ1) is 9.94. The fourth-order valence-electron chi connectivity index (χ4n) is 2.56. The van der Waals surface area contributed by atoms with Crippen LogP contribution in [0, 0.1) is 0 Å². The number of benzene rings is 1. The van der Waals surface area contributed by atoms with Crippen molar-refractivity contribution in [3.63, 3.8) is 0 Å². The molecule has 1 atom stereocenters. The number of hydrogen-bond donors (Lipinski definition) is 2. The quantitative estimate of drug-likeness (QED) is 0.786. The SMILES string of the molecule is CC1(C)CC(NC(=O)c2cscn2)c2cc(N)ccc2O1.Cl.Cl. The molecule has 3 N–H and O–H groups in total. The molecule has 2 aromatic rings. The minimum absolute atomic E-state index is 0. The summed E-state index contributed by atoms with van der Waals surface area (Å²) >= 11 is 1.40. The maximum atomic E-state index is 12.2. The van der Waals surface area contributed by atoms with E-state index in [1.165, 1.54) is 11.3 Å². The van der Waals surface area contributed by atoms with Gasteiger partial charge in [0.2, 0.25) is 0 Å². The van der Waals surface area contributed by atoms with Crippen LogP contribution in [0.1, 0.15) is 42.4 Å². The molecule has 1 aromatic carbocycles. The van der Waals surface area contributed by atoms with E-state index in [9.17, 15) is 4.79 Å². The molecule has 0 saturated heterocycles. The minimum Gasteiger partial charge on any atom is -0.487 e. The summed E-state index contributed by atoms with van der Waals surface area (Å²) in [4.78, 5) is 16.3. The Morgan fingerprint density at radius 3 is 2.83 bits per heavy atom. The highest BCUT2D eigenvalue weighted by Gasteiger charge is 2.34. The normalized spacial score (nSPS) is 17.7. The van der Waals surface area contributed by atoms with Crippen molar-refractivity contribution in [1.29, 1.82) is 0 Å². The lowest BCUT2D eigenvalue weighted by Crippen LogP contribution is -2.41. The van der Waals surface area contributed by atoms with E-state index in [2.05, 4.69) is 10.3 Å². The number of amides is 1. The van der Waals surface area contributed by atoms with Gasteiger partial charge in [0.1, 0.15) is 17.0 Å². The maximum absolute atomic E-state index is 12.2. The van der Waals surface area contributed by atoms with Crippen molar-refractivity contribution in [2.45, 2.75) is 31.9 Å². The Bertz CT molecular complexity index is 677. The predicted octanol–water partition coefficient (Wildman–Crippen LogP) is 3.60. The number of ether oxygens (including phenoxy) is 1. The van der Waals surface area contributed by atoms with Crippen molar-refractivity contribution in [2.24, 2.45) is 0 Å². The Hall–Kier alpha value is -1.50. The number of aromatic nitrogens is 1. The van der Waals surface area contributed by atoms with Crippen molar-refractivity contribution >= 4 is 47.7 Å². The summed E-state index contributed by atoms with van der Waals surface area (Å²) in [6.07, 6.45) is 0.680. The minimum atomic E-state index is -0.344. The molecule has 0 radical (unpaired) electrons. The van der Waals surface area contributed by atoms with Crippen LogP contribution in [0.25, 0.3) is 0 Å². The fourth-order valence-corrected chi connectivity index (χ4v) is 3.09. The number of nitrogens with zero attached hydrogens (tertiary/aromatic N) is 1. The smallest absolute Gasteiger partial charge is 0.271 e. The Morgan fingerprint density at radius 2 is 2.17 bits per heavy atom. The topological polar surface area (TPSA) is 77.2 Å². The van der Waals surface area contributed by atoms with Crippen LogP contribution in [-0.4, -0.2) is 16.5 Å². The third kappa shape index (κ3) is 4.28. The first kappa shape index (κ1) is 19.5. The molecule has 1 aliphatic heterocycles. The van der Waals surface area contributed by atoms with E-state index in [-0.39, 0.29) is 42.4 Å². The van der Waals surface area contributed by atoms with Crippen molar-refractivity contribution in [2.75, 3.05) is 5.73 Å². The van der Waals surface area contributed by atoms with Crippen LogP contribution < -0.4 is 15.8 Å². The summed E-state index contributed by atoms with van der Waals surface area (Å²) in [5, 5.41) is 4.77. The zero-order chi connectivity index (χ0) is 15.0. The van der Waals surface area contributed by atoms with Gasteiger partial charge >= 0.3 is 0 Å². The lowest BCUT2D eigenvalue weighted by Gasteiger charge is -2.38. The van der Waals surface area contributed by atoms with E-state index in [1.54, 1.807) is 17.0 Å². The molecule has 0 bridgehead atoms. The number of nitrogens with two attached hydrogens (primary N) is 1. The summed E-state index contributed by atoms with van der Waals surface area (Å²) in [5.74, 6) is 0.594. The van der Waals surface area contributed by atoms with Gasteiger partial charge < -0.3 is 15.8 Å². The highest BCUT2D eigenvalue weighted by atomic mass is 35.5. The molecule has 23 heavy (non-hydrogen) atoms. The first-order valence-electron chi connectivity index (χ1n) is 6.72. The second kappa shape index (κ2) is 7.38. The van der Waals surface area contributed by atoms with Gasteiger partial charge in [-0.1, -0.05) is 0 Å². The lowest BCUT2D eigenvalue weighted by molar-refractivity contribution is 0.0619. The number of halogens is 2. The summed E-state index contributed by atoms with van der Waals surface area (Å²) in [5.41, 5.74) is 9.17. The lowest BCUT2D eigenvalue weighted by atomic mass is 9.89. The largest absolute Gasteiger partial charge is 0.487 e. The molecule has 8 heteroatoms. The van der Waals surface area contributed by atoms with Gasteiger partial charge in [-0.2, -0.15) is 0 Å². The Morgan fingerprint density at radius 1 is 1.43 bits per heavy atom. The molecule has 2 heterocycles. The molecular weight excluding hydrogens is 357 g/mol. The third-order valence-electron chi connectivity index (χ3n) is 3.46. The Kier molecular flexibility index (Phi) is 6.27. The van der Waals surface area contributed by atoms with Crippen LogP contribution >= 0.6 is 36.2 Å². The van der Waals surface area contributed by atoms with E-state index < -0.39 is 0 Å². The number of thiazole rings is 1. The monoisotopic (exact) mass is 375 g/mol. The highest BCUT2D eigenvalue weighted by molar-refractivity contribution is 7.07. The fraction of sp³-hybridized carbons (Fsp3) is 0.333. The maximum Gasteiger partial charge on any atom is 0.271 e. The zero-order valence-corrected chi connectivity index (χ0v) is 15.2. The van der Waals surface area contributed by atoms with Gasteiger partial charge in [-0.3, -0.25) is 4.79 Å². The molecule has 0 fully saturated rings. The Labute approximate surface area is 151 Å². The molecule has 5 nitrogen and oxygen atoms in total. The van der Waals surface area contributed by atoms with Crippen molar-refractivity contribution in [3.05, 3.63) is 40.3 Å². The summed E-state index contributed by atoms with van der Waals surface area (Å²) < 4.78 is 5.96. The number of fused-ring (bicyclic) bond motifs is 1. The van der Waals surface area contributed by atoms with Crippen LogP contribution in [0.5, 0.6) is 5.75 Å². The number of anilines is 1. The molecule has 0 aliphatic carbocycles. The number of carbonyl (C=O) groups is 1. The van der Waals surface area contributed by atoms with Crippen LogP contribution in [-0.2, 0) is 0 Å². The number of nitrogens with one attached hydrogen (secondary N) is 1. The van der Waals surface area contributed by atoms with Gasteiger partial charge in [-0.15, -0.1) is 36.2 Å². The average molecular weight is 376 g/mol. The molecule has 126 valence electrons. The second-order valence-corrected chi connectivity index (χ2v) is 6.48. The van der Waals surface area contributed by atoms with Gasteiger partial charge in [0.25, 0.3) is 5.91 Å². The molecule has 0 saturated carbocycles. The van der Waals surface area contributed by atoms with Crippen LogP contribution in [0.3, 0.4) is 0 Å². The van der Waals surface area contributed by atoms with Crippen LogP contribution in [0.15, 0.2) is 29.1 Å². The van der Waals surface area contributed by atoms with E-state index in [4.69, 9.17) is 10.5 Å². The van der Waals surface area contributed by atoms with Gasteiger partial charge in [0, 0.05) is 23.1 Å². The predicted molar refractivity (Wildman–Crippen MR) is 97.0 cm³/mol. The number of hydrogen-bond acceptors (Lipinski definition) is 5. The van der Waals surface area contributed by atoms with Gasteiger partial charge in [-0.05, 0) is 32.0 Å². The number of nitrogen functional groups attached to an aromatic ring is 1. The highest BCUT2D eigenvalue weighted by Crippen LogP contribution is 2.40. The standard InChI is InChI=1S/C15H17N3O2S.2ClH/c1-15(2)6-11(18-14(19)12-7-21-8-17-12)10-5-9(16)3-4-13(10)20-15;;/h3-5,7-8,11H,6,16H2,1-2H3,(H,18,19);2*1H. The molecule has 1 aromatic heterocycles. The Balaban J connectivity index is 0.00000132. The molecule has 1 amide bonds. The molecular formula is C15H19Cl2N3O2S. The van der Waals surface area contributed by atoms with E-state index in [1.807, 2.05) is 26.0 Å². The average Bonchev–Trinajstić information content (AvgIpc) is 2.93. The van der Waals surface area contributed by atoms with Crippen molar-refractivity contribution in [3.8, 4) is 5.75 Å². The summed E-state index contributed by atoms with van der Waals surface area (Å²) in [6.45, 7) is 4.02. The molecule has 1 aliphatic rings. The second-order valence-electron chi connectivity index (χ2n) is 5.76. The van der Waals surface area contributed by atoms with E-state index >= 15 is 0 Å². The first-order valence-corrected chi connectivity index (χ1v) is 7.66. The van der Waals surface area contributed by atoms with Crippen molar-refractivity contribution in [1.82, 2.24) is 10.3 Å². The summed E-state index contributed by atoms with van der Waals surface area (Å²) in [7, 11) is 0. The van der Waals surface area contributed by atoms with E-state index in [0.29, 0.717) is 17.8 Å². The molecule has 3 rings (SSSR count). The summed E-state index contributed by atoms with van der Waals surface area (Å²) in [6, 6.07) is 5.38. The number of carbonyl (C=O) groups excluding carboxylic acids is 1. The van der Waals surface area contributed by atoms with Gasteiger partial charge in [0.15, 0.2) is 0 Å². The third-order valence-corrected chi connectivity index (χ3v) is 4.05.